The van der Waals surface area contributed by atoms with Gasteiger partial charge in [0, 0.05) is 25.7 Å². The number of likely N-dealkylation sites (N-methyl/N-ethyl adjacent to an activating group) is 1. The highest BCUT2D eigenvalue weighted by Gasteiger charge is 2.26. The molecule has 1 rings (SSSR count). The maximum Gasteiger partial charge on any atom is 0.0195 e. The van der Waals surface area contributed by atoms with E-state index in [1.54, 1.807) is 0 Å². The van der Waals surface area contributed by atoms with Gasteiger partial charge in [0.2, 0.25) is 0 Å². The Kier molecular flexibility index (Phi) is 6.78. The van der Waals surface area contributed by atoms with Crippen molar-refractivity contribution in [3.05, 3.63) is 0 Å². The summed E-state index contributed by atoms with van der Waals surface area (Å²) in [5.74, 6) is 0.738. The molecule has 0 aromatic carbocycles. The Labute approximate surface area is 120 Å². The average Bonchev–Trinajstić information content (AvgIpc) is 2.39. The van der Waals surface area contributed by atoms with Gasteiger partial charge < -0.3 is 10.2 Å². The molecule has 1 saturated heterocycles. The molecule has 3 nitrogen and oxygen atoms in total. The molecule has 0 aliphatic carbocycles. The second kappa shape index (κ2) is 7.61. The predicted octanol–water partition coefficient (Wildman–Crippen LogP) is 2.28. The molecule has 1 N–H and O–H groups in total. The first-order valence-corrected chi connectivity index (χ1v) is 7.93. The largest absolute Gasteiger partial charge is 0.316 e. The fourth-order valence-electron chi connectivity index (χ4n) is 2.96. The van der Waals surface area contributed by atoms with Crippen molar-refractivity contribution < 1.29 is 0 Å². The summed E-state index contributed by atoms with van der Waals surface area (Å²) < 4.78 is 0. The van der Waals surface area contributed by atoms with Gasteiger partial charge in [0.15, 0.2) is 0 Å². The minimum Gasteiger partial charge on any atom is -0.316 e. The molecule has 0 spiro atoms. The number of rotatable bonds is 6. The summed E-state index contributed by atoms with van der Waals surface area (Å²) >= 11 is 0. The maximum absolute atomic E-state index is 3.62. The van der Waals surface area contributed by atoms with E-state index in [2.05, 4.69) is 56.8 Å². The quantitative estimate of drug-likeness (QED) is 0.798. The molecule has 0 radical (unpaired) electrons. The van der Waals surface area contributed by atoms with Gasteiger partial charge in [-0.3, -0.25) is 4.90 Å². The molecule has 0 saturated carbocycles. The lowest BCUT2D eigenvalue weighted by atomic mass is 9.91. The molecule has 0 amide bonds. The fraction of sp³-hybridized carbons (Fsp3) is 1.00. The Balaban J connectivity index is 2.42. The number of nitrogens with one attached hydrogen (secondary N) is 1. The van der Waals surface area contributed by atoms with E-state index in [-0.39, 0.29) is 0 Å². The molecule has 1 aliphatic rings. The van der Waals surface area contributed by atoms with Gasteiger partial charge in [0.05, 0.1) is 0 Å². The van der Waals surface area contributed by atoms with E-state index >= 15 is 0 Å². The summed E-state index contributed by atoms with van der Waals surface area (Å²) in [6.07, 6.45) is 1.30. The van der Waals surface area contributed by atoms with E-state index in [1.165, 1.54) is 32.6 Å². The lowest BCUT2D eigenvalue weighted by Crippen LogP contribution is -2.46. The molecular formula is C16H35N3. The Hall–Kier alpha value is -0.120. The van der Waals surface area contributed by atoms with Gasteiger partial charge >= 0.3 is 0 Å². The highest BCUT2D eigenvalue weighted by Crippen LogP contribution is 2.19. The first-order valence-electron chi connectivity index (χ1n) is 7.93. The van der Waals surface area contributed by atoms with Crippen molar-refractivity contribution in [1.29, 1.82) is 0 Å². The smallest absolute Gasteiger partial charge is 0.0195 e. The second-order valence-electron chi connectivity index (χ2n) is 7.62. The van der Waals surface area contributed by atoms with Crippen molar-refractivity contribution in [2.45, 2.75) is 47.1 Å². The average molecular weight is 269 g/mol. The first kappa shape index (κ1) is 16.9. The standard InChI is InChI=1S/C16H35N3/c1-14(2)10-17-12-16(4,5)13-19-9-7-8-18(6)11-15(19)3/h14-15,17H,7-13H2,1-6H3. The lowest BCUT2D eigenvalue weighted by molar-refractivity contribution is 0.134. The number of nitrogens with zero attached hydrogens (tertiary/aromatic N) is 2. The van der Waals surface area contributed by atoms with Gasteiger partial charge in [-0.05, 0) is 51.4 Å². The molecule has 0 aromatic heterocycles. The van der Waals surface area contributed by atoms with Crippen molar-refractivity contribution in [2.75, 3.05) is 46.3 Å². The highest BCUT2D eigenvalue weighted by atomic mass is 15.2. The minimum atomic E-state index is 0.353. The van der Waals surface area contributed by atoms with Gasteiger partial charge in [-0.25, -0.2) is 0 Å². The van der Waals surface area contributed by atoms with Crippen LogP contribution in [0, 0.1) is 11.3 Å². The molecule has 1 aliphatic heterocycles. The van der Waals surface area contributed by atoms with Crippen molar-refractivity contribution >= 4 is 0 Å². The summed E-state index contributed by atoms with van der Waals surface area (Å²) in [6.45, 7) is 18.8. The molecular weight excluding hydrogens is 234 g/mol. The third-order valence-electron chi connectivity index (χ3n) is 3.97. The van der Waals surface area contributed by atoms with Crippen molar-refractivity contribution in [2.24, 2.45) is 11.3 Å². The normalized spacial score (nSPS) is 23.8. The monoisotopic (exact) mass is 269 g/mol. The van der Waals surface area contributed by atoms with E-state index in [0.717, 1.165) is 19.0 Å². The van der Waals surface area contributed by atoms with E-state index in [0.29, 0.717) is 11.5 Å². The van der Waals surface area contributed by atoms with Gasteiger partial charge in [-0.1, -0.05) is 27.7 Å². The Morgan fingerprint density at radius 3 is 2.58 bits per heavy atom. The molecule has 19 heavy (non-hydrogen) atoms. The molecule has 1 unspecified atom stereocenters. The summed E-state index contributed by atoms with van der Waals surface area (Å²) in [6, 6.07) is 0.678. The Morgan fingerprint density at radius 2 is 1.95 bits per heavy atom. The van der Waals surface area contributed by atoms with Crippen LogP contribution in [0.1, 0.15) is 41.0 Å². The Morgan fingerprint density at radius 1 is 1.26 bits per heavy atom. The third-order valence-corrected chi connectivity index (χ3v) is 3.97. The van der Waals surface area contributed by atoms with Gasteiger partial charge in [-0.15, -0.1) is 0 Å². The molecule has 0 bridgehead atoms. The van der Waals surface area contributed by atoms with Crippen LogP contribution in [0.2, 0.25) is 0 Å². The third kappa shape index (κ3) is 6.73. The van der Waals surface area contributed by atoms with E-state index in [1.807, 2.05) is 0 Å². The van der Waals surface area contributed by atoms with Crippen molar-refractivity contribution in [1.82, 2.24) is 15.1 Å². The van der Waals surface area contributed by atoms with Crippen LogP contribution in [-0.2, 0) is 0 Å². The molecule has 3 heteroatoms. The maximum atomic E-state index is 3.62. The molecule has 1 atom stereocenters. The van der Waals surface area contributed by atoms with Crippen LogP contribution in [0.3, 0.4) is 0 Å². The molecule has 1 heterocycles. The van der Waals surface area contributed by atoms with Crippen molar-refractivity contribution in [3.8, 4) is 0 Å². The molecule has 0 aromatic rings. The predicted molar refractivity (Wildman–Crippen MR) is 84.6 cm³/mol. The zero-order valence-corrected chi connectivity index (χ0v) is 14.0. The van der Waals surface area contributed by atoms with Crippen LogP contribution >= 0.6 is 0 Å². The molecule has 114 valence electrons. The second-order valence-corrected chi connectivity index (χ2v) is 7.62. The van der Waals surface area contributed by atoms with Crippen LogP contribution in [0.15, 0.2) is 0 Å². The first-order chi connectivity index (χ1) is 8.80. The van der Waals surface area contributed by atoms with Crippen LogP contribution in [0.25, 0.3) is 0 Å². The van der Waals surface area contributed by atoms with E-state index in [9.17, 15) is 0 Å². The van der Waals surface area contributed by atoms with Crippen molar-refractivity contribution in [3.63, 3.8) is 0 Å². The molecule has 1 fully saturated rings. The topological polar surface area (TPSA) is 18.5 Å². The van der Waals surface area contributed by atoms with Crippen LogP contribution in [-0.4, -0.2) is 62.2 Å². The van der Waals surface area contributed by atoms with Crippen LogP contribution in [0.5, 0.6) is 0 Å². The summed E-state index contributed by atoms with van der Waals surface area (Å²) in [5, 5.41) is 3.62. The summed E-state index contributed by atoms with van der Waals surface area (Å²) in [5.41, 5.74) is 0.353. The number of hydrogen-bond acceptors (Lipinski definition) is 3. The zero-order valence-electron chi connectivity index (χ0n) is 14.0. The highest BCUT2D eigenvalue weighted by molar-refractivity contribution is 4.82. The zero-order chi connectivity index (χ0) is 14.5. The van der Waals surface area contributed by atoms with Gasteiger partial charge in [-0.2, -0.15) is 0 Å². The van der Waals surface area contributed by atoms with Gasteiger partial charge in [0.25, 0.3) is 0 Å². The van der Waals surface area contributed by atoms with E-state index in [4.69, 9.17) is 0 Å². The Bertz CT molecular complexity index is 250. The fourth-order valence-corrected chi connectivity index (χ4v) is 2.96. The number of hydrogen-bond donors (Lipinski definition) is 1. The van der Waals surface area contributed by atoms with Crippen LogP contribution in [0.4, 0.5) is 0 Å². The van der Waals surface area contributed by atoms with Gasteiger partial charge in [0.1, 0.15) is 0 Å². The summed E-state index contributed by atoms with van der Waals surface area (Å²) in [4.78, 5) is 5.15. The lowest BCUT2D eigenvalue weighted by Gasteiger charge is -2.36. The minimum absolute atomic E-state index is 0.353. The SMILES string of the molecule is CC(C)CNCC(C)(C)CN1CCCN(C)CC1C. The van der Waals surface area contributed by atoms with Crippen LogP contribution < -0.4 is 5.32 Å². The summed E-state index contributed by atoms with van der Waals surface area (Å²) in [7, 11) is 2.25. The van der Waals surface area contributed by atoms with E-state index < -0.39 is 0 Å².